The maximum atomic E-state index is 15.0. The minimum Gasteiger partial charge on any atom is -0.493 e. The molecule has 1 amide bonds. The molecule has 1 N–H and O–H groups in total. The Balaban J connectivity index is 1.72. The van der Waals surface area contributed by atoms with Crippen molar-refractivity contribution in [1.82, 2.24) is 25.5 Å². The highest BCUT2D eigenvalue weighted by Gasteiger charge is 2.61. The maximum Gasteiger partial charge on any atom is 0.416 e. The number of tetrazole rings is 1. The Morgan fingerprint density at radius 1 is 1.00 bits per heavy atom. The summed E-state index contributed by atoms with van der Waals surface area (Å²) in [4.78, 5) is 13.4. The Labute approximate surface area is 219 Å². The molecule has 1 atom stereocenters. The number of nitrogens with zero attached hydrogens (tertiary/aromatic N) is 4. The third kappa shape index (κ3) is 6.23. The number of unbranched alkanes of at least 4 members (excludes halogenated alkanes) is 2. The third-order valence-corrected chi connectivity index (χ3v) is 6.44. The molecule has 0 fully saturated rings. The van der Waals surface area contributed by atoms with E-state index in [0.29, 0.717) is 5.56 Å². The molecule has 0 bridgehead atoms. The van der Waals surface area contributed by atoms with E-state index in [1.807, 2.05) is 6.92 Å². The SMILES string of the molecule is Cc1ccc(C2=C(n3cnnn3)C(=O)N[C@@](c3ccccc3OCCCCCC(F)(F)F)(C(F)(F)F)C2)cc1. The number of benzene rings is 2. The summed E-state index contributed by atoms with van der Waals surface area (Å²) in [6.07, 6.45) is -9.43. The number of amides is 1. The molecule has 0 saturated heterocycles. The summed E-state index contributed by atoms with van der Waals surface area (Å²) in [7, 11) is 0. The predicted octanol–water partition coefficient (Wildman–Crippen LogP) is 5.83. The molecule has 2 aromatic carbocycles. The number of alkyl halides is 6. The highest BCUT2D eigenvalue weighted by atomic mass is 19.4. The van der Waals surface area contributed by atoms with E-state index in [4.69, 9.17) is 4.74 Å². The predicted molar refractivity (Wildman–Crippen MR) is 129 cm³/mol. The van der Waals surface area contributed by atoms with Crippen LogP contribution in [0.4, 0.5) is 26.3 Å². The fourth-order valence-electron chi connectivity index (χ4n) is 4.50. The van der Waals surface area contributed by atoms with Crippen LogP contribution in [0.2, 0.25) is 0 Å². The van der Waals surface area contributed by atoms with Crippen molar-refractivity contribution >= 4 is 17.2 Å². The molecule has 0 spiro atoms. The summed E-state index contributed by atoms with van der Waals surface area (Å²) >= 11 is 0. The number of hydrogen-bond donors (Lipinski definition) is 1. The van der Waals surface area contributed by atoms with Gasteiger partial charge in [-0.15, -0.1) is 5.10 Å². The standard InChI is InChI=1S/C26H25F6N5O2/c1-17-9-11-18(12-10-17)19-15-24(26(30,31)32,34-23(38)22(19)37-16-33-35-36-37)20-7-3-4-8-21(20)39-14-6-2-5-13-25(27,28)29/h3-4,7-12,16H,2,5-6,13-15H2,1H3,(H,34,38)/t24-/m0/s1. The zero-order chi connectivity index (χ0) is 28.3. The lowest BCUT2D eigenvalue weighted by Crippen LogP contribution is -2.59. The summed E-state index contributed by atoms with van der Waals surface area (Å²) in [5.74, 6) is -1.16. The van der Waals surface area contributed by atoms with E-state index < -0.39 is 36.6 Å². The number of carbonyl (C=O) groups excluding carboxylic acids is 1. The number of nitrogens with one attached hydrogen (secondary N) is 1. The Hall–Kier alpha value is -3.90. The van der Waals surface area contributed by atoms with Crippen LogP contribution in [0.3, 0.4) is 0 Å². The van der Waals surface area contributed by atoms with Crippen molar-refractivity contribution in [3.8, 4) is 5.75 Å². The van der Waals surface area contributed by atoms with Crippen LogP contribution in [0.5, 0.6) is 5.75 Å². The van der Waals surface area contributed by atoms with Crippen molar-refractivity contribution in [1.29, 1.82) is 0 Å². The molecule has 1 aliphatic heterocycles. The molecule has 4 rings (SSSR count). The van der Waals surface area contributed by atoms with Crippen LogP contribution >= 0.6 is 0 Å². The molecular weight excluding hydrogens is 528 g/mol. The zero-order valence-corrected chi connectivity index (χ0v) is 20.8. The first-order valence-corrected chi connectivity index (χ1v) is 12.1. The summed E-state index contributed by atoms with van der Waals surface area (Å²) in [6, 6.07) is 12.1. The lowest BCUT2D eigenvalue weighted by molar-refractivity contribution is -0.201. The molecule has 0 saturated carbocycles. The number of aryl methyl sites for hydroxylation is 1. The van der Waals surface area contributed by atoms with Gasteiger partial charge >= 0.3 is 12.4 Å². The van der Waals surface area contributed by atoms with Gasteiger partial charge in [0.15, 0.2) is 5.54 Å². The number of aromatic nitrogens is 4. The van der Waals surface area contributed by atoms with E-state index >= 15 is 13.2 Å². The molecule has 0 unspecified atom stereocenters. The van der Waals surface area contributed by atoms with Crippen LogP contribution in [0.25, 0.3) is 11.3 Å². The van der Waals surface area contributed by atoms with E-state index in [2.05, 4.69) is 20.8 Å². The molecule has 3 aromatic rings. The number of para-hydroxylation sites is 1. The molecule has 7 nitrogen and oxygen atoms in total. The number of carbonyl (C=O) groups is 1. The second-order valence-corrected chi connectivity index (χ2v) is 9.25. The average molecular weight is 554 g/mol. The summed E-state index contributed by atoms with van der Waals surface area (Å²) in [5.41, 5.74) is -2.00. The van der Waals surface area contributed by atoms with Crippen LogP contribution < -0.4 is 10.1 Å². The van der Waals surface area contributed by atoms with Gasteiger partial charge < -0.3 is 10.1 Å². The molecule has 1 aliphatic rings. The van der Waals surface area contributed by atoms with Crippen LogP contribution in [0, 0.1) is 6.92 Å². The van der Waals surface area contributed by atoms with Gasteiger partial charge in [0.25, 0.3) is 5.91 Å². The fraction of sp³-hybridized carbons (Fsp3) is 0.385. The van der Waals surface area contributed by atoms with Crippen molar-refractivity contribution in [2.75, 3.05) is 6.61 Å². The maximum absolute atomic E-state index is 15.0. The quantitative estimate of drug-likeness (QED) is 0.267. The average Bonchev–Trinajstić information content (AvgIpc) is 3.39. The van der Waals surface area contributed by atoms with Crippen molar-refractivity contribution in [2.24, 2.45) is 0 Å². The van der Waals surface area contributed by atoms with Crippen molar-refractivity contribution in [3.63, 3.8) is 0 Å². The van der Waals surface area contributed by atoms with Crippen LogP contribution in [-0.2, 0) is 10.3 Å². The van der Waals surface area contributed by atoms with Gasteiger partial charge in [-0.1, -0.05) is 48.0 Å². The van der Waals surface area contributed by atoms with Crippen molar-refractivity contribution < 1.29 is 35.9 Å². The van der Waals surface area contributed by atoms with Crippen molar-refractivity contribution in [3.05, 3.63) is 71.5 Å². The smallest absolute Gasteiger partial charge is 0.416 e. The Morgan fingerprint density at radius 2 is 1.72 bits per heavy atom. The summed E-state index contributed by atoms with van der Waals surface area (Å²) < 4.78 is 88.8. The van der Waals surface area contributed by atoms with Gasteiger partial charge in [0.1, 0.15) is 17.8 Å². The van der Waals surface area contributed by atoms with Gasteiger partial charge in [-0.25, -0.2) is 0 Å². The Morgan fingerprint density at radius 3 is 2.36 bits per heavy atom. The topological polar surface area (TPSA) is 81.9 Å². The first-order chi connectivity index (χ1) is 18.4. The van der Waals surface area contributed by atoms with Crippen molar-refractivity contribution in [2.45, 2.75) is 56.9 Å². The van der Waals surface area contributed by atoms with E-state index in [-0.39, 0.29) is 48.5 Å². The monoisotopic (exact) mass is 553 g/mol. The van der Waals surface area contributed by atoms with Gasteiger partial charge in [0, 0.05) is 18.4 Å². The van der Waals surface area contributed by atoms with Crippen LogP contribution in [0.15, 0.2) is 54.9 Å². The lowest BCUT2D eigenvalue weighted by Gasteiger charge is -2.41. The van der Waals surface area contributed by atoms with Crippen LogP contribution in [-0.4, -0.2) is 45.1 Å². The highest BCUT2D eigenvalue weighted by molar-refractivity contribution is 6.23. The minimum absolute atomic E-state index is 0.0744. The summed E-state index contributed by atoms with van der Waals surface area (Å²) in [5, 5.41) is 12.9. The van der Waals surface area contributed by atoms with Gasteiger partial charge in [0.05, 0.1) is 6.61 Å². The Kier molecular flexibility index (Phi) is 7.98. The third-order valence-electron chi connectivity index (χ3n) is 6.44. The molecule has 0 aliphatic carbocycles. The summed E-state index contributed by atoms with van der Waals surface area (Å²) in [6.45, 7) is 1.73. The van der Waals surface area contributed by atoms with Gasteiger partial charge in [-0.2, -0.15) is 31.0 Å². The number of rotatable bonds is 9. The minimum atomic E-state index is -4.96. The molecule has 39 heavy (non-hydrogen) atoms. The Bertz CT molecular complexity index is 1320. The van der Waals surface area contributed by atoms with Gasteiger partial charge in [0.2, 0.25) is 0 Å². The van der Waals surface area contributed by atoms with E-state index in [0.717, 1.165) is 16.6 Å². The van der Waals surface area contributed by atoms with E-state index in [9.17, 15) is 18.0 Å². The first kappa shape index (κ1) is 28.1. The molecular formula is C26H25F6N5O2. The zero-order valence-electron chi connectivity index (χ0n) is 20.8. The molecule has 0 radical (unpaired) electrons. The molecule has 208 valence electrons. The second kappa shape index (κ2) is 11.1. The normalized spacial score (nSPS) is 18.3. The number of ether oxygens (including phenoxy) is 1. The van der Waals surface area contributed by atoms with E-state index in [1.54, 1.807) is 24.3 Å². The van der Waals surface area contributed by atoms with E-state index in [1.165, 1.54) is 24.3 Å². The largest absolute Gasteiger partial charge is 0.493 e. The number of hydrogen-bond acceptors (Lipinski definition) is 5. The lowest BCUT2D eigenvalue weighted by atomic mass is 9.77. The second-order valence-electron chi connectivity index (χ2n) is 9.25. The molecule has 2 heterocycles. The van der Waals surface area contributed by atoms with Gasteiger partial charge in [-0.3, -0.25) is 4.79 Å². The van der Waals surface area contributed by atoms with Gasteiger partial charge in [-0.05, 0) is 53.8 Å². The van der Waals surface area contributed by atoms with Crippen LogP contribution in [0.1, 0.15) is 48.8 Å². The number of halogens is 6. The fourth-order valence-corrected chi connectivity index (χ4v) is 4.50. The first-order valence-electron chi connectivity index (χ1n) is 12.1. The highest BCUT2D eigenvalue weighted by Crippen LogP contribution is 2.51. The molecule has 1 aromatic heterocycles. The molecule has 13 heteroatoms.